The van der Waals surface area contributed by atoms with Crippen LogP contribution in [-0.2, 0) is 10.0 Å². The van der Waals surface area contributed by atoms with Crippen LogP contribution in [0.1, 0.15) is 17.3 Å². The van der Waals surface area contributed by atoms with Crippen LogP contribution < -0.4 is 14.8 Å². The van der Waals surface area contributed by atoms with Crippen LogP contribution in [0.4, 0.5) is 0 Å². The average Bonchev–Trinajstić information content (AvgIpc) is 2.61. The molecule has 7 heteroatoms. The van der Waals surface area contributed by atoms with Gasteiger partial charge in [-0.15, -0.1) is 0 Å². The molecule has 24 heavy (non-hydrogen) atoms. The summed E-state index contributed by atoms with van der Waals surface area (Å²) in [5.41, 5.74) is 0.276. The van der Waals surface area contributed by atoms with E-state index in [2.05, 4.69) is 10.0 Å². The normalized spacial score (nSPS) is 12.4. The molecular weight excluding hydrogens is 328 g/mol. The van der Waals surface area contributed by atoms with Crippen LogP contribution in [0, 0.1) is 0 Å². The van der Waals surface area contributed by atoms with E-state index in [4.69, 9.17) is 4.74 Å². The first kappa shape index (κ1) is 18.0. The number of sulfonamides is 1. The molecule has 0 aliphatic carbocycles. The van der Waals surface area contributed by atoms with Gasteiger partial charge in [0.15, 0.2) is 0 Å². The maximum atomic E-state index is 12.3. The van der Waals surface area contributed by atoms with Gasteiger partial charge in [-0.25, -0.2) is 13.1 Å². The maximum Gasteiger partial charge on any atom is 0.251 e. The highest BCUT2D eigenvalue weighted by atomic mass is 32.2. The molecule has 0 unspecified atom stereocenters. The Kier molecular flexibility index (Phi) is 5.94. The summed E-state index contributed by atoms with van der Waals surface area (Å²) in [6.45, 7) is 2.12. The average molecular weight is 348 g/mol. The Morgan fingerprint density at radius 1 is 1.12 bits per heavy atom. The molecule has 2 aromatic rings. The minimum Gasteiger partial charge on any atom is -0.491 e. The molecule has 6 nitrogen and oxygen atoms in total. The van der Waals surface area contributed by atoms with Crippen molar-refractivity contribution in [2.45, 2.75) is 17.9 Å². The first-order chi connectivity index (χ1) is 11.4. The third-order valence-electron chi connectivity index (χ3n) is 3.30. The summed E-state index contributed by atoms with van der Waals surface area (Å²) in [5, 5.41) is 2.78. The van der Waals surface area contributed by atoms with Crippen molar-refractivity contribution in [3.05, 3.63) is 60.2 Å². The van der Waals surface area contributed by atoms with Crippen molar-refractivity contribution in [2.75, 3.05) is 13.7 Å². The molecule has 128 valence electrons. The molecule has 0 spiro atoms. The standard InChI is InChI=1S/C17H20N2O4S/c1-13(12-23-15-8-4-3-5-9-15)19-17(20)14-7-6-10-16(11-14)24(21,22)18-2/h3-11,13,18H,12H2,1-2H3,(H,19,20)/t13-/m0/s1. The molecule has 1 amide bonds. The lowest BCUT2D eigenvalue weighted by molar-refractivity contribution is 0.0926. The van der Waals surface area contributed by atoms with Gasteiger partial charge in [-0.05, 0) is 44.3 Å². The van der Waals surface area contributed by atoms with Gasteiger partial charge in [0.2, 0.25) is 10.0 Å². The number of hydrogen-bond donors (Lipinski definition) is 2. The number of ether oxygens (including phenoxy) is 1. The van der Waals surface area contributed by atoms with Gasteiger partial charge in [0.1, 0.15) is 12.4 Å². The van der Waals surface area contributed by atoms with Gasteiger partial charge in [-0.3, -0.25) is 4.79 Å². The Bertz CT molecular complexity index is 791. The van der Waals surface area contributed by atoms with Crippen molar-refractivity contribution in [1.82, 2.24) is 10.0 Å². The zero-order chi connectivity index (χ0) is 17.6. The molecule has 0 saturated carbocycles. The Morgan fingerprint density at radius 2 is 1.83 bits per heavy atom. The quantitative estimate of drug-likeness (QED) is 0.799. The van der Waals surface area contributed by atoms with Crippen LogP contribution in [0.25, 0.3) is 0 Å². The number of benzene rings is 2. The van der Waals surface area contributed by atoms with Gasteiger partial charge >= 0.3 is 0 Å². The molecule has 0 heterocycles. The van der Waals surface area contributed by atoms with Gasteiger partial charge in [0, 0.05) is 5.56 Å². The molecule has 2 aromatic carbocycles. The smallest absolute Gasteiger partial charge is 0.251 e. The minimum absolute atomic E-state index is 0.0471. The molecule has 2 N–H and O–H groups in total. The van der Waals surface area contributed by atoms with Gasteiger partial charge in [0.25, 0.3) is 5.91 Å². The monoisotopic (exact) mass is 348 g/mol. The van der Waals surface area contributed by atoms with E-state index in [1.54, 1.807) is 6.07 Å². The van der Waals surface area contributed by atoms with Crippen LogP contribution in [0.2, 0.25) is 0 Å². The molecule has 1 atom stereocenters. The number of para-hydroxylation sites is 1. The zero-order valence-corrected chi connectivity index (χ0v) is 14.3. The Labute approximate surface area is 141 Å². The molecule has 0 aliphatic rings. The molecule has 0 bridgehead atoms. The second-order valence-electron chi connectivity index (χ2n) is 5.23. The number of amides is 1. The van der Waals surface area contributed by atoms with Crippen LogP contribution in [0.3, 0.4) is 0 Å². The van der Waals surface area contributed by atoms with Gasteiger partial charge in [-0.2, -0.15) is 0 Å². The highest BCUT2D eigenvalue weighted by molar-refractivity contribution is 7.89. The Hall–Kier alpha value is -2.38. The third kappa shape index (κ3) is 4.81. The summed E-state index contributed by atoms with van der Waals surface area (Å²) in [4.78, 5) is 12.3. The van der Waals surface area contributed by atoms with Crippen molar-refractivity contribution in [3.8, 4) is 5.75 Å². The highest BCUT2D eigenvalue weighted by Crippen LogP contribution is 2.12. The molecular formula is C17H20N2O4S. The summed E-state index contributed by atoms with van der Waals surface area (Å²) in [5.74, 6) is 0.369. The van der Waals surface area contributed by atoms with E-state index in [-0.39, 0.29) is 22.4 Å². The van der Waals surface area contributed by atoms with Gasteiger partial charge in [-0.1, -0.05) is 24.3 Å². The fourth-order valence-corrected chi connectivity index (χ4v) is 2.78. The van der Waals surface area contributed by atoms with Crippen LogP contribution in [-0.4, -0.2) is 34.0 Å². The lowest BCUT2D eigenvalue weighted by Gasteiger charge is -2.15. The molecule has 0 aliphatic heterocycles. The third-order valence-corrected chi connectivity index (χ3v) is 4.71. The van der Waals surface area contributed by atoms with Crippen LogP contribution in [0.15, 0.2) is 59.5 Å². The lowest BCUT2D eigenvalue weighted by atomic mass is 10.2. The van der Waals surface area contributed by atoms with Crippen LogP contribution in [0.5, 0.6) is 5.75 Å². The summed E-state index contributed by atoms with van der Waals surface area (Å²) >= 11 is 0. The molecule has 0 radical (unpaired) electrons. The first-order valence-electron chi connectivity index (χ1n) is 7.44. The number of carbonyl (C=O) groups excluding carboxylic acids is 1. The van der Waals surface area contributed by atoms with Crippen molar-refractivity contribution in [2.24, 2.45) is 0 Å². The fourth-order valence-electron chi connectivity index (χ4n) is 2.01. The SMILES string of the molecule is CNS(=O)(=O)c1cccc(C(=O)N[C@@H](C)COc2ccccc2)c1. The largest absolute Gasteiger partial charge is 0.491 e. The van der Waals surface area contributed by atoms with Crippen molar-refractivity contribution in [1.29, 1.82) is 0 Å². The predicted molar refractivity (Wildman–Crippen MR) is 91.6 cm³/mol. The minimum atomic E-state index is -3.58. The maximum absolute atomic E-state index is 12.3. The molecule has 0 fully saturated rings. The van der Waals surface area contributed by atoms with E-state index in [9.17, 15) is 13.2 Å². The number of hydrogen-bond acceptors (Lipinski definition) is 4. The van der Waals surface area contributed by atoms with E-state index in [0.717, 1.165) is 5.75 Å². The summed E-state index contributed by atoms with van der Waals surface area (Å²) < 4.78 is 31.4. The first-order valence-corrected chi connectivity index (χ1v) is 8.93. The number of rotatable bonds is 7. The van der Waals surface area contributed by atoms with E-state index < -0.39 is 10.0 Å². The topological polar surface area (TPSA) is 84.5 Å². The van der Waals surface area contributed by atoms with E-state index in [1.807, 2.05) is 37.3 Å². The van der Waals surface area contributed by atoms with Crippen molar-refractivity contribution >= 4 is 15.9 Å². The Balaban J connectivity index is 1.98. The molecule has 0 saturated heterocycles. The summed E-state index contributed by atoms with van der Waals surface area (Å²) in [6, 6.07) is 14.9. The van der Waals surface area contributed by atoms with Crippen molar-refractivity contribution < 1.29 is 17.9 Å². The molecule has 2 rings (SSSR count). The lowest BCUT2D eigenvalue weighted by Crippen LogP contribution is -2.36. The highest BCUT2D eigenvalue weighted by Gasteiger charge is 2.15. The van der Waals surface area contributed by atoms with Gasteiger partial charge in [0.05, 0.1) is 10.9 Å². The number of carbonyl (C=O) groups is 1. The predicted octanol–water partition coefficient (Wildman–Crippen LogP) is 1.79. The molecule has 0 aromatic heterocycles. The van der Waals surface area contributed by atoms with Crippen LogP contribution >= 0.6 is 0 Å². The van der Waals surface area contributed by atoms with E-state index >= 15 is 0 Å². The second kappa shape index (κ2) is 7.94. The summed E-state index contributed by atoms with van der Waals surface area (Å²) in [6.07, 6.45) is 0. The number of nitrogens with one attached hydrogen (secondary N) is 2. The second-order valence-corrected chi connectivity index (χ2v) is 7.12. The summed E-state index contributed by atoms with van der Waals surface area (Å²) in [7, 11) is -2.26. The van der Waals surface area contributed by atoms with Gasteiger partial charge < -0.3 is 10.1 Å². The fraction of sp³-hybridized carbons (Fsp3) is 0.235. The Morgan fingerprint density at radius 3 is 2.50 bits per heavy atom. The van der Waals surface area contributed by atoms with E-state index in [1.165, 1.54) is 25.2 Å². The van der Waals surface area contributed by atoms with E-state index in [0.29, 0.717) is 6.61 Å². The zero-order valence-electron chi connectivity index (χ0n) is 13.5. The van der Waals surface area contributed by atoms with Crippen molar-refractivity contribution in [3.63, 3.8) is 0 Å².